The molecule has 9 heteroatoms. The average molecular weight is 628 g/mol. The van der Waals surface area contributed by atoms with Crippen LogP contribution in [-0.4, -0.2) is 50.9 Å². The molecule has 1 atom stereocenters. The third-order valence-electron chi connectivity index (χ3n) is 7.34. The quantitative estimate of drug-likeness (QED) is 0.158. The van der Waals surface area contributed by atoms with Gasteiger partial charge in [-0.3, -0.25) is 13.9 Å². The third kappa shape index (κ3) is 9.18. The lowest BCUT2D eigenvalue weighted by molar-refractivity contribution is -0.140. The first kappa shape index (κ1) is 33.3. The molecule has 0 spiro atoms. The van der Waals surface area contributed by atoms with Gasteiger partial charge in [0.1, 0.15) is 18.3 Å². The number of ether oxygens (including phenoxy) is 1. The molecule has 0 aromatic heterocycles. The van der Waals surface area contributed by atoms with E-state index in [0.29, 0.717) is 24.6 Å². The van der Waals surface area contributed by atoms with Crippen LogP contribution in [0.1, 0.15) is 37.8 Å². The van der Waals surface area contributed by atoms with Crippen LogP contribution in [0, 0.1) is 0 Å². The summed E-state index contributed by atoms with van der Waals surface area (Å²) in [7, 11) is -4.16. The summed E-state index contributed by atoms with van der Waals surface area (Å²) in [5, 5.41) is 3.01. The predicted octanol–water partition coefficient (Wildman–Crippen LogP) is 5.84. The Labute approximate surface area is 266 Å². The highest BCUT2D eigenvalue weighted by Crippen LogP contribution is 2.27. The van der Waals surface area contributed by atoms with Gasteiger partial charge < -0.3 is 15.0 Å². The Balaban J connectivity index is 1.76. The molecule has 0 aliphatic carbocycles. The van der Waals surface area contributed by atoms with Crippen molar-refractivity contribution in [2.24, 2.45) is 0 Å². The van der Waals surface area contributed by atoms with Crippen LogP contribution in [0.2, 0.25) is 0 Å². The summed E-state index contributed by atoms with van der Waals surface area (Å²) in [6.07, 6.45) is 1.98. The Morgan fingerprint density at radius 2 is 1.36 bits per heavy atom. The first-order valence-corrected chi connectivity index (χ1v) is 16.7. The summed E-state index contributed by atoms with van der Waals surface area (Å²) < 4.78 is 34.8. The number of benzene rings is 4. The molecule has 8 nitrogen and oxygen atoms in total. The fourth-order valence-corrected chi connectivity index (χ4v) is 6.40. The molecule has 0 radical (unpaired) electrons. The highest BCUT2D eigenvalue weighted by molar-refractivity contribution is 7.92. The van der Waals surface area contributed by atoms with Crippen molar-refractivity contribution in [3.05, 3.63) is 126 Å². The minimum Gasteiger partial charge on any atom is -0.494 e. The maximum atomic E-state index is 14.5. The summed E-state index contributed by atoms with van der Waals surface area (Å²) in [6, 6.07) is 32.7. The number of sulfonamides is 1. The summed E-state index contributed by atoms with van der Waals surface area (Å²) >= 11 is 0. The molecule has 4 rings (SSSR count). The number of hydrogen-bond acceptors (Lipinski definition) is 5. The van der Waals surface area contributed by atoms with Crippen molar-refractivity contribution in [3.8, 4) is 5.75 Å². The number of rotatable bonds is 16. The van der Waals surface area contributed by atoms with Gasteiger partial charge in [0.2, 0.25) is 11.8 Å². The van der Waals surface area contributed by atoms with E-state index in [1.807, 2.05) is 74.5 Å². The van der Waals surface area contributed by atoms with Crippen molar-refractivity contribution in [1.82, 2.24) is 10.2 Å². The van der Waals surface area contributed by atoms with Crippen molar-refractivity contribution in [2.75, 3.05) is 24.0 Å². The van der Waals surface area contributed by atoms with Gasteiger partial charge in [-0.1, -0.05) is 92.2 Å². The lowest BCUT2D eigenvalue weighted by atomic mass is 10.0. The van der Waals surface area contributed by atoms with E-state index in [9.17, 15) is 18.0 Å². The first-order valence-electron chi connectivity index (χ1n) is 15.3. The molecule has 0 heterocycles. The molecule has 0 fully saturated rings. The second kappa shape index (κ2) is 16.4. The SMILES string of the molecule is CCCCNC(=O)[C@@H](Cc1ccccc1)N(Cc1ccccc1)C(=O)CN(c1ccc(OCC)cc1)S(=O)(=O)c1ccccc1. The van der Waals surface area contributed by atoms with Crippen molar-refractivity contribution in [2.45, 2.75) is 50.6 Å². The lowest BCUT2D eigenvalue weighted by Gasteiger charge is -2.34. The van der Waals surface area contributed by atoms with E-state index in [1.165, 1.54) is 17.0 Å². The van der Waals surface area contributed by atoms with E-state index in [-0.39, 0.29) is 23.8 Å². The maximum Gasteiger partial charge on any atom is 0.264 e. The monoisotopic (exact) mass is 627 g/mol. The van der Waals surface area contributed by atoms with E-state index in [2.05, 4.69) is 5.32 Å². The second-order valence-corrected chi connectivity index (χ2v) is 12.5. The molecule has 0 bridgehead atoms. The Morgan fingerprint density at radius 1 is 0.778 bits per heavy atom. The molecule has 0 aliphatic rings. The van der Waals surface area contributed by atoms with E-state index >= 15 is 0 Å². The number of hydrogen-bond donors (Lipinski definition) is 1. The molecule has 45 heavy (non-hydrogen) atoms. The molecule has 0 unspecified atom stereocenters. The molecule has 0 saturated carbocycles. The van der Waals surface area contributed by atoms with Crippen LogP contribution in [-0.2, 0) is 32.6 Å². The van der Waals surface area contributed by atoms with Crippen LogP contribution in [0.25, 0.3) is 0 Å². The standard InChI is InChI=1S/C36H41N3O5S/c1-3-5-25-37-36(41)34(26-29-15-9-6-10-16-29)38(27-30-17-11-7-12-18-30)35(40)28-39(31-21-23-32(24-22-31)44-4-2)45(42,43)33-19-13-8-14-20-33/h6-24,34H,3-5,25-28H2,1-2H3,(H,37,41)/t34-/m1/s1. The van der Waals surface area contributed by atoms with Crippen molar-refractivity contribution < 1.29 is 22.7 Å². The number of amides is 2. The highest BCUT2D eigenvalue weighted by atomic mass is 32.2. The molecule has 4 aromatic rings. The van der Waals surface area contributed by atoms with Gasteiger partial charge in [-0.05, 0) is 60.9 Å². The van der Waals surface area contributed by atoms with Crippen molar-refractivity contribution in [3.63, 3.8) is 0 Å². The third-order valence-corrected chi connectivity index (χ3v) is 9.13. The van der Waals surface area contributed by atoms with Gasteiger partial charge >= 0.3 is 0 Å². The Hall–Kier alpha value is -4.63. The Kier molecular flexibility index (Phi) is 12.2. The van der Waals surface area contributed by atoms with Crippen LogP contribution >= 0.6 is 0 Å². The zero-order valence-electron chi connectivity index (χ0n) is 25.8. The minimum atomic E-state index is -4.16. The molecule has 0 aliphatic heterocycles. The van der Waals surface area contributed by atoms with Gasteiger partial charge in [-0.25, -0.2) is 8.42 Å². The number of carbonyl (C=O) groups is 2. The van der Waals surface area contributed by atoms with Crippen LogP contribution in [0.4, 0.5) is 5.69 Å². The number of nitrogens with one attached hydrogen (secondary N) is 1. The summed E-state index contributed by atoms with van der Waals surface area (Å²) in [6.45, 7) is 4.47. The highest BCUT2D eigenvalue weighted by Gasteiger charge is 2.34. The normalized spacial score (nSPS) is 11.8. The van der Waals surface area contributed by atoms with Crippen LogP contribution in [0.15, 0.2) is 120 Å². The van der Waals surface area contributed by atoms with Crippen LogP contribution < -0.4 is 14.4 Å². The van der Waals surface area contributed by atoms with E-state index in [0.717, 1.165) is 28.3 Å². The first-order chi connectivity index (χ1) is 21.8. The maximum absolute atomic E-state index is 14.5. The van der Waals surface area contributed by atoms with Crippen LogP contribution in [0.3, 0.4) is 0 Å². The number of anilines is 1. The molecule has 0 saturated heterocycles. The second-order valence-electron chi connectivity index (χ2n) is 10.6. The van der Waals surface area contributed by atoms with Crippen molar-refractivity contribution in [1.29, 1.82) is 0 Å². The van der Waals surface area contributed by atoms with Gasteiger partial charge in [0.15, 0.2) is 0 Å². The van der Waals surface area contributed by atoms with Gasteiger partial charge in [0, 0.05) is 19.5 Å². The number of nitrogens with zero attached hydrogens (tertiary/aromatic N) is 2. The molecular formula is C36H41N3O5S. The Bertz CT molecular complexity index is 1600. The minimum absolute atomic E-state index is 0.0550. The topological polar surface area (TPSA) is 96.0 Å². The molecular weight excluding hydrogens is 586 g/mol. The van der Waals surface area contributed by atoms with Gasteiger partial charge in [-0.15, -0.1) is 0 Å². The zero-order valence-corrected chi connectivity index (χ0v) is 26.7. The number of unbranched alkanes of at least 4 members (excludes halogenated alkanes) is 1. The van der Waals surface area contributed by atoms with Crippen molar-refractivity contribution >= 4 is 27.5 Å². The van der Waals surface area contributed by atoms with E-state index in [4.69, 9.17) is 4.74 Å². The van der Waals surface area contributed by atoms with Gasteiger partial charge in [-0.2, -0.15) is 0 Å². The fraction of sp³-hybridized carbons (Fsp3) is 0.278. The van der Waals surface area contributed by atoms with E-state index in [1.54, 1.807) is 42.5 Å². The molecule has 236 valence electrons. The van der Waals surface area contributed by atoms with Crippen LogP contribution in [0.5, 0.6) is 5.75 Å². The van der Waals surface area contributed by atoms with Gasteiger partial charge in [0.25, 0.3) is 10.0 Å². The summed E-state index contributed by atoms with van der Waals surface area (Å²) in [5.74, 6) is -0.198. The van der Waals surface area contributed by atoms with Gasteiger partial charge in [0.05, 0.1) is 17.2 Å². The number of carbonyl (C=O) groups excluding carboxylic acids is 2. The average Bonchev–Trinajstić information content (AvgIpc) is 3.07. The zero-order chi connectivity index (χ0) is 32.1. The van der Waals surface area contributed by atoms with E-state index < -0.39 is 28.5 Å². The lowest BCUT2D eigenvalue weighted by Crippen LogP contribution is -2.53. The smallest absolute Gasteiger partial charge is 0.264 e. The largest absolute Gasteiger partial charge is 0.494 e. The Morgan fingerprint density at radius 3 is 1.93 bits per heavy atom. The molecule has 4 aromatic carbocycles. The summed E-state index contributed by atoms with van der Waals surface area (Å²) in [4.78, 5) is 29.8. The summed E-state index contributed by atoms with van der Waals surface area (Å²) in [5.41, 5.74) is 2.02. The molecule has 2 amide bonds. The molecule has 1 N–H and O–H groups in total. The fourth-order valence-electron chi connectivity index (χ4n) is 4.96. The predicted molar refractivity (Wildman–Crippen MR) is 177 cm³/mol.